The topological polar surface area (TPSA) is 73.5 Å². The van der Waals surface area contributed by atoms with E-state index in [9.17, 15) is 9.59 Å². The van der Waals surface area contributed by atoms with Crippen LogP contribution in [0.3, 0.4) is 0 Å². The Labute approximate surface area is 128 Å². The minimum Gasteiger partial charge on any atom is -0.341 e. The number of amides is 3. The summed E-state index contributed by atoms with van der Waals surface area (Å²) in [4.78, 5) is 25.2. The van der Waals surface area contributed by atoms with Gasteiger partial charge in [-0.2, -0.15) is 0 Å². The van der Waals surface area contributed by atoms with Gasteiger partial charge in [0.1, 0.15) is 0 Å². The quantitative estimate of drug-likeness (QED) is 0.678. The lowest BCUT2D eigenvalue weighted by Gasteiger charge is -2.35. The smallest absolute Gasteiger partial charge is 0.321 e. The van der Waals surface area contributed by atoms with Gasteiger partial charge in [0.05, 0.1) is 6.04 Å². The molecule has 3 N–H and O–H groups in total. The molecule has 0 aromatic rings. The molecular formula is C15H30N4O2. The van der Waals surface area contributed by atoms with E-state index in [2.05, 4.69) is 34.7 Å². The summed E-state index contributed by atoms with van der Waals surface area (Å²) in [7, 11) is 1.50. The minimum atomic E-state index is -0.445. The highest BCUT2D eigenvalue weighted by Gasteiger charge is 2.27. The van der Waals surface area contributed by atoms with Gasteiger partial charge in [-0.3, -0.25) is 15.0 Å². The van der Waals surface area contributed by atoms with Crippen LogP contribution in [0.25, 0.3) is 0 Å². The molecule has 3 amide bonds. The SMILES string of the molecule is CNC(=O)NC(=O)C(C)N1CCC(CNCC(C)C)CC1. The van der Waals surface area contributed by atoms with Crippen LogP contribution < -0.4 is 16.0 Å². The van der Waals surface area contributed by atoms with Crippen molar-refractivity contribution in [3.63, 3.8) is 0 Å². The minimum absolute atomic E-state index is 0.231. The largest absolute Gasteiger partial charge is 0.341 e. The number of carbonyl (C=O) groups excluding carboxylic acids is 2. The first-order valence-electron chi connectivity index (χ1n) is 7.91. The summed E-state index contributed by atoms with van der Waals surface area (Å²) in [6, 6.07) is -0.702. The summed E-state index contributed by atoms with van der Waals surface area (Å²) in [6.45, 7) is 10.2. The number of rotatable bonds is 6. The third-order valence-corrected chi connectivity index (χ3v) is 4.03. The highest BCUT2D eigenvalue weighted by Crippen LogP contribution is 2.18. The number of hydrogen-bond acceptors (Lipinski definition) is 4. The number of nitrogens with zero attached hydrogens (tertiary/aromatic N) is 1. The first kappa shape index (κ1) is 17.9. The third-order valence-electron chi connectivity index (χ3n) is 4.03. The summed E-state index contributed by atoms with van der Waals surface area (Å²) < 4.78 is 0. The Hall–Kier alpha value is -1.14. The molecule has 0 aromatic heterocycles. The zero-order chi connectivity index (χ0) is 15.8. The second-order valence-corrected chi connectivity index (χ2v) is 6.28. The van der Waals surface area contributed by atoms with Gasteiger partial charge in [-0.05, 0) is 57.8 Å². The molecular weight excluding hydrogens is 268 g/mol. The number of piperidine rings is 1. The molecule has 1 rings (SSSR count). The molecule has 21 heavy (non-hydrogen) atoms. The standard InChI is InChI=1S/C15H30N4O2/c1-11(2)9-17-10-13-5-7-19(8-6-13)12(3)14(20)18-15(21)16-4/h11-13,17H,5-10H2,1-4H3,(H2,16,18,20,21). The van der Waals surface area contributed by atoms with Gasteiger partial charge >= 0.3 is 6.03 Å². The van der Waals surface area contributed by atoms with Crippen LogP contribution in [0, 0.1) is 11.8 Å². The average molecular weight is 298 g/mol. The number of carbonyl (C=O) groups is 2. The van der Waals surface area contributed by atoms with E-state index >= 15 is 0 Å². The van der Waals surface area contributed by atoms with Crippen LogP contribution in [0.4, 0.5) is 4.79 Å². The Bertz CT molecular complexity index is 339. The zero-order valence-electron chi connectivity index (χ0n) is 13.7. The number of likely N-dealkylation sites (tertiary alicyclic amines) is 1. The highest BCUT2D eigenvalue weighted by atomic mass is 16.2. The Morgan fingerprint density at radius 3 is 2.33 bits per heavy atom. The molecule has 0 bridgehead atoms. The van der Waals surface area contributed by atoms with Crippen molar-refractivity contribution >= 4 is 11.9 Å². The van der Waals surface area contributed by atoms with Crippen LogP contribution in [0.5, 0.6) is 0 Å². The molecule has 0 saturated carbocycles. The Morgan fingerprint density at radius 1 is 1.19 bits per heavy atom. The Balaban J connectivity index is 2.28. The molecule has 1 aliphatic rings. The second-order valence-electron chi connectivity index (χ2n) is 6.28. The molecule has 1 atom stereocenters. The van der Waals surface area contributed by atoms with E-state index in [0.29, 0.717) is 11.8 Å². The predicted molar refractivity (Wildman–Crippen MR) is 84.1 cm³/mol. The van der Waals surface area contributed by atoms with Gasteiger partial charge < -0.3 is 10.6 Å². The lowest BCUT2D eigenvalue weighted by Crippen LogP contribution is -2.51. The first-order valence-corrected chi connectivity index (χ1v) is 7.91. The molecule has 1 fully saturated rings. The fraction of sp³-hybridized carbons (Fsp3) is 0.867. The first-order chi connectivity index (χ1) is 9.93. The van der Waals surface area contributed by atoms with Crippen LogP contribution in [0.1, 0.15) is 33.6 Å². The molecule has 122 valence electrons. The van der Waals surface area contributed by atoms with Gasteiger partial charge in [0.15, 0.2) is 0 Å². The van der Waals surface area contributed by atoms with E-state index in [1.165, 1.54) is 7.05 Å². The summed E-state index contributed by atoms with van der Waals surface area (Å²) >= 11 is 0. The summed E-state index contributed by atoms with van der Waals surface area (Å²) in [5.74, 6) is 1.14. The van der Waals surface area contributed by atoms with Crippen molar-refractivity contribution in [3.8, 4) is 0 Å². The highest BCUT2D eigenvalue weighted by molar-refractivity contribution is 5.96. The van der Waals surface area contributed by atoms with Gasteiger partial charge in [-0.15, -0.1) is 0 Å². The molecule has 1 aliphatic heterocycles. The Morgan fingerprint density at radius 2 is 1.81 bits per heavy atom. The van der Waals surface area contributed by atoms with Crippen molar-refractivity contribution in [1.82, 2.24) is 20.9 Å². The molecule has 0 aromatic carbocycles. The molecule has 0 spiro atoms. The lowest BCUT2D eigenvalue weighted by molar-refractivity contribution is -0.125. The molecule has 0 radical (unpaired) electrons. The van der Waals surface area contributed by atoms with Crippen molar-refractivity contribution in [2.45, 2.75) is 39.7 Å². The van der Waals surface area contributed by atoms with E-state index < -0.39 is 6.03 Å². The molecule has 0 aliphatic carbocycles. The third kappa shape index (κ3) is 6.44. The molecule has 1 heterocycles. The molecule has 1 unspecified atom stereocenters. The maximum Gasteiger partial charge on any atom is 0.321 e. The fourth-order valence-electron chi connectivity index (χ4n) is 2.57. The van der Waals surface area contributed by atoms with Gasteiger partial charge in [0, 0.05) is 7.05 Å². The molecule has 1 saturated heterocycles. The normalized spacial score (nSPS) is 18.5. The molecule has 6 nitrogen and oxygen atoms in total. The molecule has 6 heteroatoms. The van der Waals surface area contributed by atoms with Crippen LogP contribution in [0.2, 0.25) is 0 Å². The zero-order valence-corrected chi connectivity index (χ0v) is 13.7. The van der Waals surface area contributed by atoms with Crippen molar-refractivity contribution in [3.05, 3.63) is 0 Å². The van der Waals surface area contributed by atoms with Crippen LogP contribution in [-0.4, -0.2) is 56.1 Å². The van der Waals surface area contributed by atoms with Gasteiger partial charge in [-0.1, -0.05) is 13.8 Å². The van der Waals surface area contributed by atoms with E-state index in [1.807, 2.05) is 6.92 Å². The maximum atomic E-state index is 11.9. The maximum absolute atomic E-state index is 11.9. The number of urea groups is 1. The average Bonchev–Trinajstić information content (AvgIpc) is 2.46. The van der Waals surface area contributed by atoms with Gasteiger partial charge in [0.2, 0.25) is 5.91 Å². The van der Waals surface area contributed by atoms with E-state index in [4.69, 9.17) is 0 Å². The predicted octanol–water partition coefficient (Wildman–Crippen LogP) is 0.788. The number of imide groups is 1. The van der Waals surface area contributed by atoms with Crippen molar-refractivity contribution in [2.24, 2.45) is 11.8 Å². The Kier molecular flexibility index (Phi) is 7.67. The van der Waals surface area contributed by atoms with E-state index in [0.717, 1.165) is 39.0 Å². The summed E-state index contributed by atoms with van der Waals surface area (Å²) in [5.41, 5.74) is 0. The number of hydrogen-bond donors (Lipinski definition) is 3. The van der Waals surface area contributed by atoms with Crippen molar-refractivity contribution < 1.29 is 9.59 Å². The van der Waals surface area contributed by atoms with Crippen molar-refractivity contribution in [2.75, 3.05) is 33.2 Å². The van der Waals surface area contributed by atoms with E-state index in [-0.39, 0.29) is 11.9 Å². The van der Waals surface area contributed by atoms with Crippen molar-refractivity contribution in [1.29, 1.82) is 0 Å². The monoisotopic (exact) mass is 298 g/mol. The van der Waals surface area contributed by atoms with Crippen LogP contribution in [0.15, 0.2) is 0 Å². The number of nitrogens with one attached hydrogen (secondary N) is 3. The van der Waals surface area contributed by atoms with Crippen LogP contribution >= 0.6 is 0 Å². The lowest BCUT2D eigenvalue weighted by atomic mass is 9.95. The fourth-order valence-corrected chi connectivity index (χ4v) is 2.57. The second kappa shape index (κ2) is 9.00. The van der Waals surface area contributed by atoms with Gasteiger partial charge in [0.25, 0.3) is 0 Å². The summed E-state index contributed by atoms with van der Waals surface area (Å²) in [5, 5.41) is 8.24. The summed E-state index contributed by atoms with van der Waals surface area (Å²) in [6.07, 6.45) is 2.20. The van der Waals surface area contributed by atoms with E-state index in [1.54, 1.807) is 0 Å². The van der Waals surface area contributed by atoms with Crippen LogP contribution in [-0.2, 0) is 4.79 Å². The van der Waals surface area contributed by atoms with Gasteiger partial charge in [-0.25, -0.2) is 4.79 Å².